The molecule has 8 nitrogen and oxygen atoms in total. The van der Waals surface area contributed by atoms with E-state index in [1.165, 1.54) is 7.11 Å². The van der Waals surface area contributed by atoms with E-state index in [1.807, 2.05) is 30.3 Å². The van der Waals surface area contributed by atoms with Crippen molar-refractivity contribution in [3.63, 3.8) is 0 Å². The van der Waals surface area contributed by atoms with Gasteiger partial charge in [0.2, 0.25) is 5.88 Å². The molecule has 1 amide bonds. The first kappa shape index (κ1) is 16.1. The second kappa shape index (κ2) is 6.83. The third kappa shape index (κ3) is 3.08. The molecule has 0 fully saturated rings. The molecule has 0 bridgehead atoms. The Hall–Kier alpha value is -3.42. The van der Waals surface area contributed by atoms with Gasteiger partial charge in [0, 0.05) is 12.6 Å². The molecule has 0 spiro atoms. The molecule has 0 saturated heterocycles. The van der Waals surface area contributed by atoms with Crippen LogP contribution < -0.4 is 14.4 Å². The minimum atomic E-state index is -0.158. The number of carbonyl (C=O) groups excluding carboxylic acids is 1. The number of carbonyl (C=O) groups is 1. The molecule has 0 unspecified atom stereocenters. The molecule has 1 aliphatic rings. The third-order valence-electron chi connectivity index (χ3n) is 4.07. The minimum absolute atomic E-state index is 0.158. The number of hydrogen-bond acceptors (Lipinski definition) is 6. The number of fused-ring (bicyclic) bond motifs is 1. The largest absolute Gasteiger partial charge is 0.487 e. The number of methoxy groups -OCH3 is 1. The molecule has 0 atom stereocenters. The molecule has 0 radical (unpaired) electrons. The maximum atomic E-state index is 12.8. The lowest BCUT2D eigenvalue weighted by atomic mass is 10.2. The lowest BCUT2D eigenvalue weighted by Crippen LogP contribution is -2.41. The molecule has 8 heteroatoms. The smallest absolute Gasteiger partial charge is 0.277 e. The number of hydrogen-bond donors (Lipinski definition) is 0. The standard InChI is InChI=1S/C18H17N5O3/c1-25-17-8-7-16(19-20-17)22-9-10-23-15(18(22)24)11-13(21-23)12-26-14-5-3-2-4-6-14/h2-8,11H,9-10,12H2,1H3. The number of rotatable bonds is 5. The first-order chi connectivity index (χ1) is 12.7. The van der Waals surface area contributed by atoms with Crippen molar-refractivity contribution in [2.45, 2.75) is 13.2 Å². The summed E-state index contributed by atoms with van der Waals surface area (Å²) < 4.78 is 12.4. The monoisotopic (exact) mass is 351 g/mol. The predicted octanol–water partition coefficient (Wildman–Crippen LogP) is 1.92. The summed E-state index contributed by atoms with van der Waals surface area (Å²) >= 11 is 0. The van der Waals surface area contributed by atoms with Crippen LogP contribution in [0.2, 0.25) is 0 Å². The molecule has 132 valence electrons. The second-order valence-corrected chi connectivity index (χ2v) is 5.74. The van der Waals surface area contributed by atoms with Gasteiger partial charge in [0.05, 0.1) is 13.7 Å². The van der Waals surface area contributed by atoms with E-state index in [9.17, 15) is 4.79 Å². The molecule has 0 saturated carbocycles. The SMILES string of the molecule is COc1ccc(N2CCn3nc(COc4ccccc4)cc3C2=O)nn1. The van der Waals surface area contributed by atoms with Crippen LogP contribution in [0, 0.1) is 0 Å². The van der Waals surface area contributed by atoms with E-state index in [2.05, 4.69) is 15.3 Å². The van der Waals surface area contributed by atoms with E-state index >= 15 is 0 Å². The highest BCUT2D eigenvalue weighted by Crippen LogP contribution is 2.21. The summed E-state index contributed by atoms with van der Waals surface area (Å²) in [4.78, 5) is 14.4. The van der Waals surface area contributed by atoms with Gasteiger partial charge in [0.15, 0.2) is 5.82 Å². The van der Waals surface area contributed by atoms with Gasteiger partial charge in [-0.1, -0.05) is 18.2 Å². The lowest BCUT2D eigenvalue weighted by molar-refractivity contribution is 0.0961. The molecule has 26 heavy (non-hydrogen) atoms. The zero-order valence-corrected chi connectivity index (χ0v) is 14.2. The third-order valence-corrected chi connectivity index (χ3v) is 4.07. The number of ether oxygens (including phenoxy) is 2. The van der Waals surface area contributed by atoms with Crippen LogP contribution in [0.5, 0.6) is 11.6 Å². The Labute approximate surface area is 150 Å². The lowest BCUT2D eigenvalue weighted by Gasteiger charge is -2.26. The summed E-state index contributed by atoms with van der Waals surface area (Å²) in [5.41, 5.74) is 1.22. The summed E-state index contributed by atoms with van der Waals surface area (Å²) in [5, 5.41) is 12.4. The van der Waals surface area contributed by atoms with E-state index in [1.54, 1.807) is 27.8 Å². The van der Waals surface area contributed by atoms with E-state index in [0.717, 1.165) is 5.75 Å². The van der Waals surface area contributed by atoms with Crippen molar-refractivity contribution < 1.29 is 14.3 Å². The molecule has 0 aliphatic carbocycles. The molecule has 2 aromatic heterocycles. The quantitative estimate of drug-likeness (QED) is 0.698. The minimum Gasteiger partial charge on any atom is -0.487 e. The highest BCUT2D eigenvalue weighted by atomic mass is 16.5. The van der Waals surface area contributed by atoms with Gasteiger partial charge in [-0.15, -0.1) is 10.2 Å². The summed E-state index contributed by atoms with van der Waals surface area (Å²) in [6, 6.07) is 14.7. The van der Waals surface area contributed by atoms with Gasteiger partial charge in [-0.05, 0) is 24.3 Å². The van der Waals surface area contributed by atoms with Crippen molar-refractivity contribution >= 4 is 11.7 Å². The Bertz CT molecular complexity index is 908. The average molecular weight is 351 g/mol. The van der Waals surface area contributed by atoms with E-state index in [0.29, 0.717) is 42.8 Å². The molecular weight excluding hydrogens is 334 g/mol. The Morgan fingerprint density at radius 2 is 1.92 bits per heavy atom. The fourth-order valence-corrected chi connectivity index (χ4v) is 2.78. The van der Waals surface area contributed by atoms with Crippen LogP contribution in [-0.2, 0) is 13.2 Å². The number of benzene rings is 1. The van der Waals surface area contributed by atoms with Crippen molar-refractivity contribution in [1.82, 2.24) is 20.0 Å². The van der Waals surface area contributed by atoms with Gasteiger partial charge in [0.25, 0.3) is 5.91 Å². The first-order valence-corrected chi connectivity index (χ1v) is 8.19. The van der Waals surface area contributed by atoms with E-state index in [-0.39, 0.29) is 5.91 Å². The zero-order chi connectivity index (χ0) is 17.9. The predicted molar refractivity (Wildman–Crippen MR) is 93.3 cm³/mol. The number of amides is 1. The fraction of sp³-hybridized carbons (Fsp3) is 0.222. The van der Waals surface area contributed by atoms with Crippen molar-refractivity contribution in [2.24, 2.45) is 0 Å². The molecule has 3 heterocycles. The Morgan fingerprint density at radius 3 is 2.65 bits per heavy atom. The fourth-order valence-electron chi connectivity index (χ4n) is 2.78. The topological polar surface area (TPSA) is 82.4 Å². The molecule has 1 aliphatic heterocycles. The van der Waals surface area contributed by atoms with Crippen LogP contribution in [0.15, 0.2) is 48.5 Å². The molecule has 4 rings (SSSR count). The Kier molecular flexibility index (Phi) is 4.22. The summed E-state index contributed by atoms with van der Waals surface area (Å²) in [6.45, 7) is 1.37. The first-order valence-electron chi connectivity index (χ1n) is 8.19. The van der Waals surface area contributed by atoms with Crippen molar-refractivity contribution in [3.05, 3.63) is 59.9 Å². The maximum Gasteiger partial charge on any atom is 0.277 e. The van der Waals surface area contributed by atoms with Gasteiger partial charge in [-0.2, -0.15) is 5.10 Å². The molecule has 1 aromatic carbocycles. The van der Waals surface area contributed by atoms with Crippen LogP contribution in [0.25, 0.3) is 0 Å². The molecule has 3 aromatic rings. The number of anilines is 1. The van der Waals surface area contributed by atoms with Crippen LogP contribution in [-0.4, -0.2) is 39.5 Å². The highest BCUT2D eigenvalue weighted by molar-refractivity contribution is 6.05. The van der Waals surface area contributed by atoms with Gasteiger partial charge in [-0.25, -0.2) is 0 Å². The summed E-state index contributed by atoms with van der Waals surface area (Å²) in [7, 11) is 1.52. The normalized spacial score (nSPS) is 13.4. The van der Waals surface area contributed by atoms with Crippen LogP contribution in [0.3, 0.4) is 0 Å². The summed E-state index contributed by atoms with van der Waals surface area (Å²) in [6.07, 6.45) is 0. The molecule has 0 N–H and O–H groups in total. The van der Waals surface area contributed by atoms with Crippen molar-refractivity contribution in [3.8, 4) is 11.6 Å². The Morgan fingerprint density at radius 1 is 1.08 bits per heavy atom. The number of nitrogens with zero attached hydrogens (tertiary/aromatic N) is 5. The van der Waals surface area contributed by atoms with Crippen molar-refractivity contribution in [1.29, 1.82) is 0 Å². The zero-order valence-electron chi connectivity index (χ0n) is 14.2. The van der Waals surface area contributed by atoms with E-state index < -0.39 is 0 Å². The molecular formula is C18H17N5O3. The van der Waals surface area contributed by atoms with Gasteiger partial charge in [0.1, 0.15) is 23.7 Å². The second-order valence-electron chi connectivity index (χ2n) is 5.74. The number of para-hydroxylation sites is 1. The Balaban J connectivity index is 1.50. The van der Waals surface area contributed by atoms with Crippen LogP contribution >= 0.6 is 0 Å². The van der Waals surface area contributed by atoms with Gasteiger partial charge < -0.3 is 9.47 Å². The van der Waals surface area contributed by atoms with E-state index in [4.69, 9.17) is 9.47 Å². The van der Waals surface area contributed by atoms with Gasteiger partial charge in [-0.3, -0.25) is 14.4 Å². The van der Waals surface area contributed by atoms with Crippen LogP contribution in [0.4, 0.5) is 5.82 Å². The van der Waals surface area contributed by atoms with Gasteiger partial charge >= 0.3 is 0 Å². The van der Waals surface area contributed by atoms with Crippen molar-refractivity contribution in [2.75, 3.05) is 18.6 Å². The number of aromatic nitrogens is 4. The maximum absolute atomic E-state index is 12.8. The highest BCUT2D eigenvalue weighted by Gasteiger charge is 2.28. The average Bonchev–Trinajstić information content (AvgIpc) is 3.12. The van der Waals surface area contributed by atoms with Crippen LogP contribution in [0.1, 0.15) is 16.2 Å². The summed E-state index contributed by atoms with van der Waals surface area (Å²) in [5.74, 6) is 1.50.